The number of ether oxygens (including phenoxy) is 1. The van der Waals surface area contributed by atoms with Crippen LogP contribution in [0, 0.1) is 0 Å². The third-order valence-corrected chi connectivity index (χ3v) is 2.29. The van der Waals surface area contributed by atoms with Crippen LogP contribution in [0.2, 0.25) is 0 Å². The molecule has 6 heteroatoms. The van der Waals surface area contributed by atoms with Crippen LogP contribution in [0.4, 0.5) is 11.5 Å². The van der Waals surface area contributed by atoms with Gasteiger partial charge in [-0.1, -0.05) is 6.92 Å². The second kappa shape index (κ2) is 3.72. The van der Waals surface area contributed by atoms with E-state index in [-0.39, 0.29) is 11.9 Å². The molecule has 0 bridgehead atoms. The Kier molecular flexibility index (Phi) is 2.40. The van der Waals surface area contributed by atoms with Gasteiger partial charge in [-0.15, -0.1) is 0 Å². The van der Waals surface area contributed by atoms with Gasteiger partial charge in [-0.2, -0.15) is 4.98 Å². The molecule has 1 aliphatic heterocycles. The van der Waals surface area contributed by atoms with Crippen molar-refractivity contribution >= 4 is 17.4 Å². The summed E-state index contributed by atoms with van der Waals surface area (Å²) in [5, 5.41) is 5.76. The molecule has 15 heavy (non-hydrogen) atoms. The second-order valence-corrected chi connectivity index (χ2v) is 3.20. The second-order valence-electron chi connectivity index (χ2n) is 3.20. The number of nitrogens with zero attached hydrogens (tertiary/aromatic N) is 2. The maximum absolute atomic E-state index is 11.6. The fourth-order valence-electron chi connectivity index (χ4n) is 1.47. The first-order valence-electron chi connectivity index (χ1n) is 4.72. The molecule has 1 aliphatic rings. The van der Waals surface area contributed by atoms with Crippen LogP contribution >= 0.6 is 0 Å². The van der Waals surface area contributed by atoms with Gasteiger partial charge in [-0.3, -0.25) is 4.79 Å². The first kappa shape index (κ1) is 9.70. The molecule has 2 N–H and O–H groups in total. The maximum Gasteiger partial charge on any atom is 0.247 e. The summed E-state index contributed by atoms with van der Waals surface area (Å²) in [6.45, 7) is 1.93. The van der Waals surface area contributed by atoms with Crippen LogP contribution in [0.5, 0.6) is 5.88 Å². The number of methoxy groups -OCH3 is 1. The molecule has 80 valence electrons. The van der Waals surface area contributed by atoms with Gasteiger partial charge >= 0.3 is 0 Å². The number of nitrogens with one attached hydrogen (secondary N) is 2. The molecule has 0 aromatic carbocycles. The van der Waals surface area contributed by atoms with Gasteiger partial charge in [-0.25, -0.2) is 4.98 Å². The van der Waals surface area contributed by atoms with E-state index < -0.39 is 0 Å². The highest BCUT2D eigenvalue weighted by atomic mass is 16.5. The van der Waals surface area contributed by atoms with Crippen LogP contribution in [0.15, 0.2) is 6.33 Å². The number of rotatable bonds is 2. The van der Waals surface area contributed by atoms with Crippen molar-refractivity contribution < 1.29 is 9.53 Å². The highest BCUT2D eigenvalue weighted by molar-refractivity contribution is 6.03. The highest BCUT2D eigenvalue weighted by Crippen LogP contribution is 2.31. The molecule has 0 saturated heterocycles. The van der Waals surface area contributed by atoms with E-state index >= 15 is 0 Å². The number of fused-ring (bicyclic) bond motifs is 1. The largest absolute Gasteiger partial charge is 0.479 e. The Morgan fingerprint density at radius 1 is 1.53 bits per heavy atom. The van der Waals surface area contributed by atoms with Gasteiger partial charge in [0.2, 0.25) is 11.8 Å². The lowest BCUT2D eigenvalue weighted by Crippen LogP contribution is -2.38. The van der Waals surface area contributed by atoms with Crippen molar-refractivity contribution in [1.82, 2.24) is 9.97 Å². The lowest BCUT2D eigenvalue weighted by Gasteiger charge is -2.25. The van der Waals surface area contributed by atoms with Gasteiger partial charge in [0.15, 0.2) is 5.82 Å². The molecule has 1 aromatic rings. The van der Waals surface area contributed by atoms with Crippen molar-refractivity contribution in [3.63, 3.8) is 0 Å². The Morgan fingerprint density at radius 2 is 2.33 bits per heavy atom. The smallest absolute Gasteiger partial charge is 0.247 e. The zero-order chi connectivity index (χ0) is 10.8. The van der Waals surface area contributed by atoms with E-state index in [0.29, 0.717) is 23.8 Å². The molecule has 1 atom stereocenters. The number of anilines is 2. The van der Waals surface area contributed by atoms with E-state index in [2.05, 4.69) is 20.6 Å². The third kappa shape index (κ3) is 1.58. The standard InChI is InChI=1S/C9H12N4O2/c1-3-5-8(14)13-6-7(12-5)10-4-11-9(6)15-2/h4-5H,3H2,1-2H3,(H,13,14)(H,10,11,12). The average Bonchev–Trinajstić information content (AvgIpc) is 2.27. The van der Waals surface area contributed by atoms with E-state index in [9.17, 15) is 4.79 Å². The Labute approximate surface area is 87.1 Å². The van der Waals surface area contributed by atoms with Gasteiger partial charge in [0.25, 0.3) is 0 Å². The summed E-state index contributed by atoms with van der Waals surface area (Å²) in [5.74, 6) is 0.891. The number of carbonyl (C=O) groups is 1. The van der Waals surface area contributed by atoms with E-state index in [4.69, 9.17) is 4.74 Å². The summed E-state index contributed by atoms with van der Waals surface area (Å²) < 4.78 is 5.02. The van der Waals surface area contributed by atoms with Crippen LogP contribution in [0.1, 0.15) is 13.3 Å². The lowest BCUT2D eigenvalue weighted by atomic mass is 10.1. The minimum atomic E-state index is -0.239. The SMILES string of the molecule is CCC1Nc2ncnc(OC)c2NC1=O. The monoisotopic (exact) mass is 208 g/mol. The first-order chi connectivity index (χ1) is 7.26. The molecule has 0 fully saturated rings. The Hall–Kier alpha value is -1.85. The van der Waals surface area contributed by atoms with Crippen LogP contribution in [0.25, 0.3) is 0 Å². The topological polar surface area (TPSA) is 76.1 Å². The van der Waals surface area contributed by atoms with Crippen molar-refractivity contribution in [2.24, 2.45) is 0 Å². The van der Waals surface area contributed by atoms with Gasteiger partial charge < -0.3 is 15.4 Å². The molecule has 6 nitrogen and oxygen atoms in total. The molecular weight excluding hydrogens is 196 g/mol. The summed E-state index contributed by atoms with van der Waals surface area (Å²) in [4.78, 5) is 19.5. The van der Waals surface area contributed by atoms with Crippen LogP contribution in [0.3, 0.4) is 0 Å². The zero-order valence-corrected chi connectivity index (χ0v) is 8.57. The van der Waals surface area contributed by atoms with Gasteiger partial charge in [-0.05, 0) is 6.42 Å². The maximum atomic E-state index is 11.6. The fraction of sp³-hybridized carbons (Fsp3) is 0.444. The Bertz CT molecular complexity index is 394. The summed E-state index contributed by atoms with van der Waals surface area (Å²) >= 11 is 0. The summed E-state index contributed by atoms with van der Waals surface area (Å²) in [6, 6.07) is -0.239. The number of amides is 1. The molecule has 0 radical (unpaired) electrons. The van der Waals surface area contributed by atoms with Crippen molar-refractivity contribution in [2.45, 2.75) is 19.4 Å². The van der Waals surface area contributed by atoms with E-state index in [0.717, 1.165) is 0 Å². The quantitative estimate of drug-likeness (QED) is 0.745. The molecule has 2 rings (SSSR count). The molecule has 1 aromatic heterocycles. The third-order valence-electron chi connectivity index (χ3n) is 2.29. The van der Waals surface area contributed by atoms with Crippen LogP contribution in [-0.4, -0.2) is 29.0 Å². The number of hydrogen-bond acceptors (Lipinski definition) is 5. The van der Waals surface area contributed by atoms with Crippen molar-refractivity contribution in [3.8, 4) is 5.88 Å². The molecule has 0 spiro atoms. The summed E-state index contributed by atoms with van der Waals surface area (Å²) in [7, 11) is 1.50. The number of hydrogen-bond donors (Lipinski definition) is 2. The fourth-order valence-corrected chi connectivity index (χ4v) is 1.47. The summed E-state index contributed by atoms with van der Waals surface area (Å²) in [5.41, 5.74) is 0.509. The van der Waals surface area contributed by atoms with Gasteiger partial charge in [0.05, 0.1) is 7.11 Å². The zero-order valence-electron chi connectivity index (χ0n) is 8.57. The number of aromatic nitrogens is 2. The molecule has 0 aliphatic carbocycles. The molecule has 1 amide bonds. The van der Waals surface area contributed by atoms with Crippen molar-refractivity contribution in [2.75, 3.05) is 17.7 Å². The predicted molar refractivity (Wildman–Crippen MR) is 54.9 cm³/mol. The predicted octanol–water partition coefficient (Wildman–Crippen LogP) is 0.628. The summed E-state index contributed by atoms with van der Waals surface area (Å²) in [6.07, 6.45) is 2.10. The normalized spacial score (nSPS) is 18.8. The molecular formula is C9H12N4O2. The van der Waals surface area contributed by atoms with E-state index in [1.165, 1.54) is 13.4 Å². The lowest BCUT2D eigenvalue weighted by molar-refractivity contribution is -0.117. The van der Waals surface area contributed by atoms with Crippen LogP contribution < -0.4 is 15.4 Å². The molecule has 0 saturated carbocycles. The Morgan fingerprint density at radius 3 is 3.00 bits per heavy atom. The van der Waals surface area contributed by atoms with E-state index in [1.54, 1.807) is 0 Å². The van der Waals surface area contributed by atoms with Gasteiger partial charge in [0, 0.05) is 0 Å². The van der Waals surface area contributed by atoms with Crippen molar-refractivity contribution in [1.29, 1.82) is 0 Å². The van der Waals surface area contributed by atoms with E-state index in [1.807, 2.05) is 6.92 Å². The highest BCUT2D eigenvalue weighted by Gasteiger charge is 2.27. The Balaban J connectivity index is 2.39. The average molecular weight is 208 g/mol. The molecule has 2 heterocycles. The van der Waals surface area contributed by atoms with Crippen LogP contribution in [-0.2, 0) is 4.79 Å². The molecule has 1 unspecified atom stereocenters. The minimum Gasteiger partial charge on any atom is -0.479 e. The first-order valence-corrected chi connectivity index (χ1v) is 4.72. The van der Waals surface area contributed by atoms with Crippen molar-refractivity contribution in [3.05, 3.63) is 6.33 Å². The van der Waals surface area contributed by atoms with Gasteiger partial charge in [0.1, 0.15) is 18.1 Å². The number of carbonyl (C=O) groups excluding carboxylic acids is 1. The minimum absolute atomic E-state index is 0.0851.